The van der Waals surface area contributed by atoms with Gasteiger partial charge in [-0.15, -0.1) is 0 Å². The van der Waals surface area contributed by atoms with E-state index in [9.17, 15) is 4.79 Å². The van der Waals surface area contributed by atoms with E-state index >= 15 is 0 Å². The van der Waals surface area contributed by atoms with Gasteiger partial charge in [0, 0.05) is 18.9 Å². The first-order chi connectivity index (χ1) is 5.88. The number of rotatable bonds is 0. The zero-order chi connectivity index (χ0) is 8.39. The molecule has 2 rings (SSSR count). The van der Waals surface area contributed by atoms with Gasteiger partial charge in [-0.2, -0.15) is 0 Å². The Bertz CT molecular complexity index is 346. The van der Waals surface area contributed by atoms with Crippen molar-refractivity contribution in [1.82, 2.24) is 15.3 Å². The molecule has 0 aliphatic carbocycles. The fraction of sp³-hybridized carbons (Fsp3) is 0.125. The van der Waals surface area contributed by atoms with E-state index in [1.165, 1.54) is 6.20 Å². The van der Waals surface area contributed by atoms with Gasteiger partial charge in [0.15, 0.2) is 5.69 Å². The zero-order valence-corrected chi connectivity index (χ0v) is 6.32. The van der Waals surface area contributed by atoms with Gasteiger partial charge < -0.3 is 5.32 Å². The SMILES string of the molecule is O=C1NCC=Cc2nccnc21. The van der Waals surface area contributed by atoms with Gasteiger partial charge in [-0.1, -0.05) is 6.08 Å². The second kappa shape index (κ2) is 2.73. The van der Waals surface area contributed by atoms with Crippen LogP contribution < -0.4 is 5.32 Å². The van der Waals surface area contributed by atoms with Crippen molar-refractivity contribution >= 4 is 12.0 Å². The van der Waals surface area contributed by atoms with Gasteiger partial charge in [0.2, 0.25) is 0 Å². The number of nitrogens with one attached hydrogen (secondary N) is 1. The van der Waals surface area contributed by atoms with Crippen molar-refractivity contribution < 1.29 is 4.79 Å². The highest BCUT2D eigenvalue weighted by atomic mass is 16.1. The summed E-state index contributed by atoms with van der Waals surface area (Å²) in [5.74, 6) is -0.164. The summed E-state index contributed by atoms with van der Waals surface area (Å²) in [7, 11) is 0. The lowest BCUT2D eigenvalue weighted by atomic mass is 10.3. The van der Waals surface area contributed by atoms with Gasteiger partial charge in [-0.3, -0.25) is 9.78 Å². The molecule has 60 valence electrons. The van der Waals surface area contributed by atoms with Crippen molar-refractivity contribution in [2.75, 3.05) is 6.54 Å². The Kier molecular flexibility index (Phi) is 1.59. The van der Waals surface area contributed by atoms with E-state index in [0.29, 0.717) is 17.9 Å². The van der Waals surface area contributed by atoms with Crippen LogP contribution in [0.2, 0.25) is 0 Å². The third kappa shape index (κ3) is 1.07. The molecule has 0 spiro atoms. The Morgan fingerprint density at radius 1 is 1.33 bits per heavy atom. The smallest absolute Gasteiger partial charge is 0.272 e. The predicted octanol–water partition coefficient (Wildman–Crippen LogP) is 0.233. The van der Waals surface area contributed by atoms with E-state index in [4.69, 9.17) is 0 Å². The number of carbonyl (C=O) groups is 1. The van der Waals surface area contributed by atoms with E-state index < -0.39 is 0 Å². The van der Waals surface area contributed by atoms with Crippen molar-refractivity contribution in [1.29, 1.82) is 0 Å². The Morgan fingerprint density at radius 2 is 2.17 bits per heavy atom. The highest BCUT2D eigenvalue weighted by Crippen LogP contribution is 2.05. The number of nitrogens with zero attached hydrogens (tertiary/aromatic N) is 2. The van der Waals surface area contributed by atoms with Crippen LogP contribution >= 0.6 is 0 Å². The molecule has 12 heavy (non-hydrogen) atoms. The summed E-state index contributed by atoms with van der Waals surface area (Å²) in [6, 6.07) is 0. The molecule has 4 nitrogen and oxygen atoms in total. The maximum Gasteiger partial charge on any atom is 0.272 e. The normalized spacial score (nSPS) is 14.8. The van der Waals surface area contributed by atoms with Gasteiger partial charge in [0.05, 0.1) is 5.69 Å². The van der Waals surface area contributed by atoms with Crippen LogP contribution in [-0.2, 0) is 0 Å². The summed E-state index contributed by atoms with van der Waals surface area (Å²) in [4.78, 5) is 19.2. The number of carbonyl (C=O) groups excluding carboxylic acids is 1. The third-order valence-corrected chi connectivity index (χ3v) is 1.60. The van der Waals surface area contributed by atoms with Crippen LogP contribution in [0.15, 0.2) is 18.5 Å². The lowest BCUT2D eigenvalue weighted by Crippen LogP contribution is -2.23. The molecular formula is C8H7N3O. The summed E-state index contributed by atoms with van der Waals surface area (Å²) in [6.07, 6.45) is 6.72. The molecule has 0 atom stereocenters. The molecule has 1 aliphatic heterocycles. The molecule has 0 unspecified atom stereocenters. The van der Waals surface area contributed by atoms with Crippen molar-refractivity contribution in [3.8, 4) is 0 Å². The molecule has 1 aliphatic rings. The Labute approximate surface area is 69.3 Å². The first-order valence-corrected chi connectivity index (χ1v) is 3.63. The third-order valence-electron chi connectivity index (χ3n) is 1.60. The van der Waals surface area contributed by atoms with Crippen LogP contribution in [0, 0.1) is 0 Å². The summed E-state index contributed by atoms with van der Waals surface area (Å²) in [6.45, 7) is 0.539. The minimum Gasteiger partial charge on any atom is -0.347 e. The largest absolute Gasteiger partial charge is 0.347 e. The van der Waals surface area contributed by atoms with E-state index in [1.807, 2.05) is 6.08 Å². The minimum absolute atomic E-state index is 0.164. The van der Waals surface area contributed by atoms with E-state index in [1.54, 1.807) is 12.3 Å². The Hall–Kier alpha value is -1.71. The summed E-state index contributed by atoms with van der Waals surface area (Å²) < 4.78 is 0. The van der Waals surface area contributed by atoms with Crippen molar-refractivity contribution in [3.63, 3.8) is 0 Å². The number of amides is 1. The molecule has 1 amide bonds. The summed E-state index contributed by atoms with van der Waals surface area (Å²) in [5, 5.41) is 2.67. The van der Waals surface area contributed by atoms with Gasteiger partial charge in [-0.05, 0) is 6.08 Å². The van der Waals surface area contributed by atoms with Crippen LogP contribution in [0.4, 0.5) is 0 Å². The highest BCUT2D eigenvalue weighted by Gasteiger charge is 2.12. The first kappa shape index (κ1) is 6.97. The molecule has 1 N–H and O–H groups in total. The second-order valence-electron chi connectivity index (χ2n) is 2.40. The topological polar surface area (TPSA) is 54.9 Å². The van der Waals surface area contributed by atoms with Crippen molar-refractivity contribution in [2.24, 2.45) is 0 Å². The number of hydrogen-bond donors (Lipinski definition) is 1. The van der Waals surface area contributed by atoms with Gasteiger partial charge >= 0.3 is 0 Å². The van der Waals surface area contributed by atoms with E-state index in [2.05, 4.69) is 15.3 Å². The molecule has 0 saturated heterocycles. The van der Waals surface area contributed by atoms with Crippen molar-refractivity contribution in [2.45, 2.75) is 0 Å². The Morgan fingerprint density at radius 3 is 3.08 bits per heavy atom. The predicted molar refractivity (Wildman–Crippen MR) is 43.4 cm³/mol. The van der Waals surface area contributed by atoms with Gasteiger partial charge in [0.25, 0.3) is 5.91 Å². The zero-order valence-electron chi connectivity index (χ0n) is 6.32. The molecular weight excluding hydrogens is 154 g/mol. The molecule has 2 heterocycles. The first-order valence-electron chi connectivity index (χ1n) is 3.63. The maximum absolute atomic E-state index is 11.3. The average molecular weight is 161 g/mol. The molecule has 1 aromatic heterocycles. The lowest BCUT2D eigenvalue weighted by Gasteiger charge is -1.99. The van der Waals surface area contributed by atoms with Crippen molar-refractivity contribution in [3.05, 3.63) is 29.9 Å². The standard InChI is InChI=1S/C8H7N3O/c12-8-7-6(2-1-3-11-8)9-4-5-10-7/h1-2,4-5H,3H2,(H,11,12). The van der Waals surface area contributed by atoms with Crippen LogP contribution in [0.5, 0.6) is 0 Å². The molecule has 0 bridgehead atoms. The van der Waals surface area contributed by atoms with E-state index in [0.717, 1.165) is 0 Å². The molecule has 0 fully saturated rings. The van der Waals surface area contributed by atoms with Gasteiger partial charge in [-0.25, -0.2) is 4.98 Å². The monoisotopic (exact) mass is 161 g/mol. The minimum atomic E-state index is -0.164. The molecule has 0 aromatic carbocycles. The van der Waals surface area contributed by atoms with Crippen LogP contribution in [0.3, 0.4) is 0 Å². The van der Waals surface area contributed by atoms with Crippen LogP contribution in [-0.4, -0.2) is 22.4 Å². The second-order valence-corrected chi connectivity index (χ2v) is 2.40. The van der Waals surface area contributed by atoms with Crippen LogP contribution in [0.25, 0.3) is 6.08 Å². The number of aromatic nitrogens is 2. The molecule has 1 aromatic rings. The quantitative estimate of drug-likeness (QED) is 0.592. The lowest BCUT2D eigenvalue weighted by molar-refractivity contribution is 0.0953. The van der Waals surface area contributed by atoms with Gasteiger partial charge in [0.1, 0.15) is 0 Å². The fourth-order valence-corrected chi connectivity index (χ4v) is 1.05. The van der Waals surface area contributed by atoms with E-state index in [-0.39, 0.29) is 5.91 Å². The summed E-state index contributed by atoms with van der Waals surface area (Å²) >= 11 is 0. The maximum atomic E-state index is 11.3. The number of hydrogen-bond acceptors (Lipinski definition) is 3. The highest BCUT2D eigenvalue weighted by molar-refractivity contribution is 5.96. The summed E-state index contributed by atoms with van der Waals surface area (Å²) in [5.41, 5.74) is 1.03. The Balaban J connectivity index is 2.56. The molecule has 4 heteroatoms. The molecule has 0 saturated carbocycles. The average Bonchev–Trinajstić information content (AvgIpc) is 2.29. The fourth-order valence-electron chi connectivity index (χ4n) is 1.05. The molecule has 0 radical (unpaired) electrons. The number of fused-ring (bicyclic) bond motifs is 1. The van der Waals surface area contributed by atoms with Crippen LogP contribution in [0.1, 0.15) is 16.2 Å².